The monoisotopic (exact) mass is 752 g/mol. The van der Waals surface area contributed by atoms with Crippen LogP contribution in [0.3, 0.4) is 0 Å². The van der Waals surface area contributed by atoms with E-state index in [0.717, 1.165) is 44.9 Å². The van der Waals surface area contributed by atoms with Gasteiger partial charge in [-0.15, -0.1) is 0 Å². The van der Waals surface area contributed by atoms with Gasteiger partial charge in [0.2, 0.25) is 0 Å². The van der Waals surface area contributed by atoms with Gasteiger partial charge in [-0.3, -0.25) is 10.4 Å². The third-order valence-corrected chi connectivity index (χ3v) is 10.1. The van der Waals surface area contributed by atoms with Gasteiger partial charge in [-0.25, -0.2) is 9.38 Å². The molecule has 2 aliphatic heterocycles. The molecule has 3 heterocycles. The first kappa shape index (κ1) is 37.3. The molecule has 9 nitrogen and oxygen atoms in total. The van der Waals surface area contributed by atoms with Gasteiger partial charge in [0.05, 0.1) is 45.3 Å². The van der Waals surface area contributed by atoms with Crippen molar-refractivity contribution in [2.45, 2.75) is 50.4 Å². The number of nitrogens with zero attached hydrogens (tertiary/aromatic N) is 3. The Bertz CT molecular complexity index is 2170. The number of halogens is 1. The van der Waals surface area contributed by atoms with E-state index in [0.29, 0.717) is 26.4 Å². The molecule has 0 radical (unpaired) electrons. The quantitative estimate of drug-likeness (QED) is 0.106. The van der Waals surface area contributed by atoms with Crippen LogP contribution in [0.4, 0.5) is 15.9 Å². The van der Waals surface area contributed by atoms with Gasteiger partial charge in [-0.2, -0.15) is 0 Å². The van der Waals surface area contributed by atoms with Crippen molar-refractivity contribution in [3.63, 3.8) is 0 Å². The molecule has 1 fully saturated rings. The number of ether oxygens (including phenoxy) is 5. The first-order chi connectivity index (χ1) is 27.6. The van der Waals surface area contributed by atoms with Crippen LogP contribution in [-0.4, -0.2) is 54.0 Å². The molecular weight excluding hydrogens is 708 g/mol. The fraction of sp³-hybridized carbons (Fsp3) is 0.239. The van der Waals surface area contributed by atoms with Crippen molar-refractivity contribution >= 4 is 17.8 Å². The number of methoxy groups -OCH3 is 1. The minimum Gasteiger partial charge on any atom is -0.381 e. The smallest absolute Gasteiger partial charge is 0.165 e. The number of hydrogen-bond acceptors (Lipinski definition) is 8. The lowest BCUT2D eigenvalue weighted by molar-refractivity contribution is -0.179. The molecule has 0 saturated carbocycles. The van der Waals surface area contributed by atoms with Gasteiger partial charge in [-0.1, -0.05) is 121 Å². The first-order valence-electron chi connectivity index (χ1n) is 18.8. The van der Waals surface area contributed by atoms with Gasteiger partial charge in [0.25, 0.3) is 0 Å². The highest BCUT2D eigenvalue weighted by atomic mass is 19.1. The van der Waals surface area contributed by atoms with E-state index in [1.807, 2.05) is 114 Å². The second-order valence-corrected chi connectivity index (χ2v) is 14.1. The molecule has 2 aliphatic rings. The summed E-state index contributed by atoms with van der Waals surface area (Å²) < 4.78 is 49.4. The molecule has 1 saturated heterocycles. The van der Waals surface area contributed by atoms with Crippen LogP contribution >= 0.6 is 0 Å². The molecule has 0 spiro atoms. The normalized spacial score (nSPS) is 20.2. The summed E-state index contributed by atoms with van der Waals surface area (Å²) in [6, 6.07) is 46.8. The highest BCUT2D eigenvalue weighted by Gasteiger charge is 2.58. The molecule has 6 aromatic rings. The van der Waals surface area contributed by atoms with Crippen LogP contribution in [0.2, 0.25) is 0 Å². The Morgan fingerprint density at radius 2 is 1.32 bits per heavy atom. The predicted molar refractivity (Wildman–Crippen MR) is 214 cm³/mol. The second-order valence-electron chi connectivity index (χ2n) is 14.1. The summed E-state index contributed by atoms with van der Waals surface area (Å²) in [5, 5.41) is 1.89. The van der Waals surface area contributed by atoms with Crippen molar-refractivity contribution in [1.82, 2.24) is 9.58 Å². The number of aromatic nitrogens is 1. The largest absolute Gasteiger partial charge is 0.381 e. The van der Waals surface area contributed by atoms with E-state index in [4.69, 9.17) is 28.7 Å². The number of fused-ring (bicyclic) bond motifs is 1. The third kappa shape index (κ3) is 8.45. The Labute approximate surface area is 326 Å². The number of rotatable bonds is 16. The fourth-order valence-corrected chi connectivity index (χ4v) is 7.43. The average Bonchev–Trinajstić information content (AvgIpc) is 3.76. The number of hydrazine groups is 1. The predicted octanol–water partition coefficient (Wildman–Crippen LogP) is 9.10. The molecule has 0 unspecified atom stereocenters. The van der Waals surface area contributed by atoms with Crippen LogP contribution in [0, 0.1) is 5.82 Å². The van der Waals surface area contributed by atoms with E-state index < -0.39 is 24.0 Å². The Balaban J connectivity index is 1.20. The SMILES string of the molecule is COC[C@]1(COCc2ccccc2)O[C@@H](n2cc(-c3ccccc3)c3c2N=CN(Nc2ccc(F)cc2)C3)[C@@H](OCc2ccccc2)[C@H]1OCc1ccccc1. The summed E-state index contributed by atoms with van der Waals surface area (Å²) >= 11 is 0. The Morgan fingerprint density at radius 3 is 1.95 bits per heavy atom. The molecule has 4 atom stereocenters. The van der Waals surface area contributed by atoms with Crippen LogP contribution in [0.25, 0.3) is 11.1 Å². The standard InChI is InChI=1S/C46H45FN4O5/c1-52-31-46(32-53-28-34-14-6-2-7-15-34)43(55-30-36-18-10-4-11-19-36)42(54-29-35-16-8-3-9-17-35)45(56-46)51-27-40(37-20-12-5-13-21-37)41-26-50(33-48-44(41)51)49-39-24-22-38(47)23-25-39/h2-25,27,33,42-43,45,49H,26,28-32H2,1H3/t42-,43+,45+,46+/m0/s1. The van der Waals surface area contributed by atoms with Crippen molar-refractivity contribution in [1.29, 1.82) is 0 Å². The maximum atomic E-state index is 13.7. The van der Waals surface area contributed by atoms with Crippen molar-refractivity contribution in [3.05, 3.63) is 180 Å². The zero-order valence-corrected chi connectivity index (χ0v) is 31.2. The first-order valence-corrected chi connectivity index (χ1v) is 18.8. The molecule has 0 aliphatic carbocycles. The molecule has 0 bridgehead atoms. The van der Waals surface area contributed by atoms with Crippen LogP contribution in [0.15, 0.2) is 157 Å². The lowest BCUT2D eigenvalue weighted by Gasteiger charge is -2.34. The summed E-state index contributed by atoms with van der Waals surface area (Å²) in [5.74, 6) is 0.440. The lowest BCUT2D eigenvalue weighted by Crippen LogP contribution is -2.52. The van der Waals surface area contributed by atoms with Crippen molar-refractivity contribution in [2.75, 3.05) is 25.7 Å². The summed E-state index contributed by atoms with van der Waals surface area (Å²) in [7, 11) is 1.67. The molecule has 56 heavy (non-hydrogen) atoms. The zero-order chi connectivity index (χ0) is 38.2. The second kappa shape index (κ2) is 17.5. The van der Waals surface area contributed by atoms with E-state index in [2.05, 4.69) is 28.3 Å². The maximum Gasteiger partial charge on any atom is 0.165 e. The maximum absolute atomic E-state index is 13.7. The van der Waals surface area contributed by atoms with Crippen LogP contribution < -0.4 is 5.43 Å². The Hall–Kier alpha value is -5.62. The number of anilines is 1. The minimum atomic E-state index is -1.07. The van der Waals surface area contributed by atoms with Crippen molar-refractivity contribution in [3.8, 4) is 11.1 Å². The molecule has 1 N–H and O–H groups in total. The third-order valence-electron chi connectivity index (χ3n) is 10.1. The summed E-state index contributed by atoms with van der Waals surface area (Å²) in [6.07, 6.45) is 1.94. The van der Waals surface area contributed by atoms with Gasteiger partial charge < -0.3 is 28.3 Å². The molecule has 0 amide bonds. The molecular formula is C46H45FN4O5. The van der Waals surface area contributed by atoms with Gasteiger partial charge in [0.15, 0.2) is 6.23 Å². The van der Waals surface area contributed by atoms with Crippen molar-refractivity contribution < 1.29 is 28.1 Å². The summed E-state index contributed by atoms with van der Waals surface area (Å²) in [5.41, 5.74) is 9.16. The van der Waals surface area contributed by atoms with E-state index in [-0.39, 0.29) is 19.0 Å². The van der Waals surface area contributed by atoms with Gasteiger partial charge in [0.1, 0.15) is 35.8 Å². The highest BCUT2D eigenvalue weighted by Crippen LogP contribution is 2.47. The molecule has 10 heteroatoms. The number of benzene rings is 5. The zero-order valence-electron chi connectivity index (χ0n) is 31.2. The van der Waals surface area contributed by atoms with Crippen LogP contribution in [0.1, 0.15) is 28.5 Å². The Morgan fingerprint density at radius 1 is 0.732 bits per heavy atom. The van der Waals surface area contributed by atoms with Gasteiger partial charge >= 0.3 is 0 Å². The Kier molecular flexibility index (Phi) is 11.6. The summed E-state index contributed by atoms with van der Waals surface area (Å²) in [6.45, 7) is 1.91. The van der Waals surface area contributed by atoms with E-state index in [9.17, 15) is 4.39 Å². The molecule has 8 rings (SSSR count). The van der Waals surface area contributed by atoms with E-state index in [1.54, 1.807) is 25.6 Å². The molecule has 5 aromatic carbocycles. The summed E-state index contributed by atoms with van der Waals surface area (Å²) in [4.78, 5) is 5.03. The molecule has 1 aromatic heterocycles. The van der Waals surface area contributed by atoms with Crippen LogP contribution in [0.5, 0.6) is 0 Å². The van der Waals surface area contributed by atoms with Gasteiger partial charge in [-0.05, 0) is 46.5 Å². The van der Waals surface area contributed by atoms with Gasteiger partial charge in [0, 0.05) is 24.4 Å². The number of nitrogens with one attached hydrogen (secondary N) is 1. The van der Waals surface area contributed by atoms with E-state index in [1.165, 1.54) is 12.1 Å². The molecule has 286 valence electrons. The van der Waals surface area contributed by atoms with Crippen LogP contribution in [-0.2, 0) is 50.0 Å². The average molecular weight is 753 g/mol. The lowest BCUT2D eigenvalue weighted by atomic mass is 9.96. The minimum absolute atomic E-state index is 0.185. The highest BCUT2D eigenvalue weighted by molar-refractivity contribution is 5.77. The topological polar surface area (TPSA) is 78.7 Å². The number of hydrogen-bond donors (Lipinski definition) is 1. The number of aliphatic imine (C=N–C) groups is 1. The van der Waals surface area contributed by atoms with E-state index >= 15 is 0 Å². The van der Waals surface area contributed by atoms with Crippen molar-refractivity contribution in [2.24, 2.45) is 4.99 Å². The fourth-order valence-electron chi connectivity index (χ4n) is 7.43.